The lowest BCUT2D eigenvalue weighted by atomic mass is 10.1. The van der Waals surface area contributed by atoms with Crippen molar-refractivity contribution in [1.82, 2.24) is 10.3 Å². The van der Waals surface area contributed by atoms with Crippen LogP contribution in [0.5, 0.6) is 5.75 Å². The lowest BCUT2D eigenvalue weighted by Crippen LogP contribution is -2.34. The molecule has 5 heteroatoms. The molecule has 0 atom stereocenters. The maximum Gasteiger partial charge on any atom is 0.244 e. The van der Waals surface area contributed by atoms with Crippen LogP contribution in [-0.2, 0) is 15.1 Å². The number of pyridine rings is 1. The molecule has 5 nitrogen and oxygen atoms in total. The molecule has 2 rings (SSSR count). The van der Waals surface area contributed by atoms with Crippen LogP contribution in [0.15, 0.2) is 31.0 Å². The topological polar surface area (TPSA) is 60.5 Å². The molecule has 0 bridgehead atoms. The molecule has 1 aliphatic rings. The van der Waals surface area contributed by atoms with Gasteiger partial charge in [-0.2, -0.15) is 0 Å². The van der Waals surface area contributed by atoms with Crippen molar-refractivity contribution in [2.75, 3.05) is 13.9 Å². The minimum atomic E-state index is -0.314. The van der Waals surface area contributed by atoms with Crippen LogP contribution in [0.3, 0.4) is 0 Å². The van der Waals surface area contributed by atoms with E-state index in [0.29, 0.717) is 5.75 Å². The fourth-order valence-corrected chi connectivity index (χ4v) is 1.73. The zero-order valence-electron chi connectivity index (χ0n) is 10.3. The highest BCUT2D eigenvalue weighted by Gasteiger charge is 2.46. The molecule has 0 radical (unpaired) electrons. The standard InChI is InChI=1S/C13H16N2O3/c1-3-12(16)15-13(6-7-13)11-5-4-10(8-14-11)18-9-17-2/h3-5,8H,1,6-7,9H2,2H3,(H,15,16). The summed E-state index contributed by atoms with van der Waals surface area (Å²) < 4.78 is 10.1. The second kappa shape index (κ2) is 5.18. The molecule has 1 aromatic rings. The van der Waals surface area contributed by atoms with Crippen molar-refractivity contribution in [3.8, 4) is 5.75 Å². The summed E-state index contributed by atoms with van der Waals surface area (Å²) in [6.07, 6.45) is 4.71. The monoisotopic (exact) mass is 248 g/mol. The van der Waals surface area contributed by atoms with Gasteiger partial charge < -0.3 is 14.8 Å². The Morgan fingerprint density at radius 2 is 2.39 bits per heavy atom. The van der Waals surface area contributed by atoms with Crippen molar-refractivity contribution >= 4 is 5.91 Å². The minimum absolute atomic E-state index is 0.172. The molecule has 1 aromatic heterocycles. The van der Waals surface area contributed by atoms with Crippen molar-refractivity contribution in [3.63, 3.8) is 0 Å². The van der Waals surface area contributed by atoms with Crippen molar-refractivity contribution in [3.05, 3.63) is 36.7 Å². The number of carbonyl (C=O) groups excluding carboxylic acids is 1. The molecule has 1 aliphatic carbocycles. The predicted molar refractivity (Wildman–Crippen MR) is 66.0 cm³/mol. The largest absolute Gasteiger partial charge is 0.466 e. The number of ether oxygens (including phenoxy) is 2. The Morgan fingerprint density at radius 3 is 2.89 bits per heavy atom. The summed E-state index contributed by atoms with van der Waals surface area (Å²) in [4.78, 5) is 15.7. The molecular formula is C13H16N2O3. The average molecular weight is 248 g/mol. The molecule has 0 aromatic carbocycles. The van der Waals surface area contributed by atoms with Crippen molar-refractivity contribution in [1.29, 1.82) is 0 Å². The number of carbonyl (C=O) groups is 1. The number of rotatable bonds is 6. The van der Waals surface area contributed by atoms with Crippen LogP contribution in [0.25, 0.3) is 0 Å². The van der Waals surface area contributed by atoms with Gasteiger partial charge in [0.1, 0.15) is 5.75 Å². The second-order valence-corrected chi connectivity index (χ2v) is 4.21. The summed E-state index contributed by atoms with van der Waals surface area (Å²) in [5, 5.41) is 2.91. The summed E-state index contributed by atoms with van der Waals surface area (Å²) in [6, 6.07) is 3.68. The zero-order valence-corrected chi connectivity index (χ0v) is 10.3. The second-order valence-electron chi connectivity index (χ2n) is 4.21. The van der Waals surface area contributed by atoms with Crippen LogP contribution < -0.4 is 10.1 Å². The fraction of sp³-hybridized carbons (Fsp3) is 0.385. The molecule has 1 saturated carbocycles. The van der Waals surface area contributed by atoms with E-state index in [-0.39, 0.29) is 18.2 Å². The molecule has 1 fully saturated rings. The SMILES string of the molecule is C=CC(=O)NC1(c2ccc(OCOC)cn2)CC1. The number of methoxy groups -OCH3 is 1. The maximum atomic E-state index is 11.4. The van der Waals surface area contributed by atoms with Gasteiger partial charge in [-0.05, 0) is 31.1 Å². The molecule has 0 saturated heterocycles. The first-order chi connectivity index (χ1) is 8.70. The predicted octanol–water partition coefficient (Wildman–Crippen LogP) is 1.36. The van der Waals surface area contributed by atoms with Gasteiger partial charge in [0.05, 0.1) is 17.4 Å². The van der Waals surface area contributed by atoms with Gasteiger partial charge in [-0.15, -0.1) is 0 Å². The summed E-state index contributed by atoms with van der Waals surface area (Å²) in [5.41, 5.74) is 0.535. The molecular weight excluding hydrogens is 232 g/mol. The zero-order chi connectivity index (χ0) is 13.0. The van der Waals surface area contributed by atoms with Crippen LogP contribution in [0, 0.1) is 0 Å². The molecule has 0 aliphatic heterocycles. The van der Waals surface area contributed by atoms with E-state index < -0.39 is 0 Å². The number of amides is 1. The number of nitrogens with one attached hydrogen (secondary N) is 1. The Balaban J connectivity index is 2.05. The Morgan fingerprint density at radius 1 is 1.61 bits per heavy atom. The van der Waals surface area contributed by atoms with E-state index in [2.05, 4.69) is 16.9 Å². The van der Waals surface area contributed by atoms with E-state index in [9.17, 15) is 4.79 Å². The van der Waals surface area contributed by atoms with E-state index in [1.807, 2.05) is 12.1 Å². The highest BCUT2D eigenvalue weighted by Crippen LogP contribution is 2.44. The van der Waals surface area contributed by atoms with E-state index >= 15 is 0 Å². The molecule has 0 unspecified atom stereocenters. The van der Waals surface area contributed by atoms with Gasteiger partial charge in [0, 0.05) is 7.11 Å². The molecule has 96 valence electrons. The average Bonchev–Trinajstić information content (AvgIpc) is 3.17. The quantitative estimate of drug-likeness (QED) is 0.610. The van der Waals surface area contributed by atoms with Crippen LogP contribution in [0.2, 0.25) is 0 Å². The van der Waals surface area contributed by atoms with Gasteiger partial charge in [0.2, 0.25) is 5.91 Å². The van der Waals surface area contributed by atoms with Crippen molar-refractivity contribution in [2.45, 2.75) is 18.4 Å². The Labute approximate surface area is 106 Å². The van der Waals surface area contributed by atoms with Gasteiger partial charge in [0.25, 0.3) is 0 Å². The van der Waals surface area contributed by atoms with Crippen LogP contribution in [-0.4, -0.2) is 24.8 Å². The van der Waals surface area contributed by atoms with Gasteiger partial charge in [-0.25, -0.2) is 0 Å². The van der Waals surface area contributed by atoms with Crippen LogP contribution >= 0.6 is 0 Å². The van der Waals surface area contributed by atoms with Crippen molar-refractivity contribution in [2.24, 2.45) is 0 Å². The van der Waals surface area contributed by atoms with Gasteiger partial charge in [-0.3, -0.25) is 9.78 Å². The highest BCUT2D eigenvalue weighted by atomic mass is 16.7. The number of hydrogen-bond donors (Lipinski definition) is 1. The normalized spacial score (nSPS) is 15.8. The third kappa shape index (κ3) is 2.68. The van der Waals surface area contributed by atoms with Crippen LogP contribution in [0.1, 0.15) is 18.5 Å². The third-order valence-corrected chi connectivity index (χ3v) is 2.87. The molecule has 1 N–H and O–H groups in total. The lowest BCUT2D eigenvalue weighted by molar-refractivity contribution is -0.117. The summed E-state index contributed by atoms with van der Waals surface area (Å²) in [7, 11) is 1.56. The molecule has 1 heterocycles. The Kier molecular flexibility index (Phi) is 3.62. The van der Waals surface area contributed by atoms with Crippen molar-refractivity contribution < 1.29 is 14.3 Å². The smallest absolute Gasteiger partial charge is 0.244 e. The lowest BCUT2D eigenvalue weighted by Gasteiger charge is -2.16. The van der Waals surface area contributed by atoms with E-state index in [0.717, 1.165) is 18.5 Å². The first-order valence-electron chi connectivity index (χ1n) is 5.73. The summed E-state index contributed by atoms with van der Waals surface area (Å²) in [5.74, 6) is 0.473. The first kappa shape index (κ1) is 12.6. The summed E-state index contributed by atoms with van der Waals surface area (Å²) >= 11 is 0. The van der Waals surface area contributed by atoms with Gasteiger partial charge in [-0.1, -0.05) is 6.58 Å². The summed E-state index contributed by atoms with van der Waals surface area (Å²) in [6.45, 7) is 3.64. The molecule has 0 spiro atoms. The number of nitrogens with zero attached hydrogens (tertiary/aromatic N) is 1. The van der Waals surface area contributed by atoms with E-state index in [1.165, 1.54) is 6.08 Å². The molecule has 1 amide bonds. The fourth-order valence-electron chi connectivity index (χ4n) is 1.73. The Bertz CT molecular complexity index is 438. The number of hydrogen-bond acceptors (Lipinski definition) is 4. The minimum Gasteiger partial charge on any atom is -0.466 e. The third-order valence-electron chi connectivity index (χ3n) is 2.87. The first-order valence-corrected chi connectivity index (χ1v) is 5.73. The van der Waals surface area contributed by atoms with E-state index in [1.54, 1.807) is 13.3 Å². The van der Waals surface area contributed by atoms with Gasteiger partial charge >= 0.3 is 0 Å². The number of aromatic nitrogens is 1. The van der Waals surface area contributed by atoms with E-state index in [4.69, 9.17) is 9.47 Å². The van der Waals surface area contributed by atoms with Crippen LogP contribution in [0.4, 0.5) is 0 Å². The van der Waals surface area contributed by atoms with Gasteiger partial charge in [0.15, 0.2) is 6.79 Å². The molecule has 18 heavy (non-hydrogen) atoms. The highest BCUT2D eigenvalue weighted by molar-refractivity contribution is 5.87. The maximum absolute atomic E-state index is 11.4. The Hall–Kier alpha value is -1.88.